The van der Waals surface area contributed by atoms with Gasteiger partial charge in [0.25, 0.3) is 5.56 Å². The maximum atomic E-state index is 13.0. The van der Waals surface area contributed by atoms with E-state index in [0.29, 0.717) is 16.8 Å². The first-order valence-corrected chi connectivity index (χ1v) is 11.6. The summed E-state index contributed by atoms with van der Waals surface area (Å²) in [6.07, 6.45) is 3.49. The molecule has 30 heavy (non-hydrogen) atoms. The summed E-state index contributed by atoms with van der Waals surface area (Å²) in [7, 11) is -3.71. The first kappa shape index (κ1) is 20.5. The van der Waals surface area contributed by atoms with Crippen molar-refractivity contribution in [3.63, 3.8) is 0 Å². The fraction of sp³-hybridized carbons (Fsp3) is 0.304. The van der Waals surface area contributed by atoms with Crippen LogP contribution in [0.25, 0.3) is 11.3 Å². The van der Waals surface area contributed by atoms with Crippen LogP contribution in [0.2, 0.25) is 0 Å². The first-order chi connectivity index (χ1) is 14.3. The lowest BCUT2D eigenvalue weighted by Crippen LogP contribution is -2.24. The molecule has 0 spiro atoms. The van der Waals surface area contributed by atoms with Crippen molar-refractivity contribution in [3.05, 3.63) is 80.6 Å². The molecular formula is C23H25N3O3S. The maximum absolute atomic E-state index is 13.0. The van der Waals surface area contributed by atoms with Gasteiger partial charge >= 0.3 is 0 Å². The zero-order chi connectivity index (χ0) is 21.3. The van der Waals surface area contributed by atoms with Crippen LogP contribution < -0.4 is 10.3 Å². The van der Waals surface area contributed by atoms with Gasteiger partial charge in [-0.3, -0.25) is 4.79 Å². The molecule has 7 heteroatoms. The summed E-state index contributed by atoms with van der Waals surface area (Å²) >= 11 is 0. The SMILES string of the molecule is Cc1ccc(CNS(=O)(=O)c2cc(-c3n[nH]c(=O)c4c3CCCC4)ccc2C)cc1. The van der Waals surface area contributed by atoms with Crippen LogP contribution in [-0.2, 0) is 29.4 Å². The topological polar surface area (TPSA) is 91.9 Å². The van der Waals surface area contributed by atoms with Crippen molar-refractivity contribution in [1.29, 1.82) is 0 Å². The minimum Gasteiger partial charge on any atom is -0.268 e. The number of aryl methyl sites for hydroxylation is 2. The van der Waals surface area contributed by atoms with Crippen molar-refractivity contribution < 1.29 is 8.42 Å². The van der Waals surface area contributed by atoms with Crippen LogP contribution >= 0.6 is 0 Å². The summed E-state index contributed by atoms with van der Waals surface area (Å²) in [5, 5.41) is 6.84. The second kappa shape index (κ2) is 8.16. The number of sulfonamides is 1. The third-order valence-electron chi connectivity index (χ3n) is 5.64. The van der Waals surface area contributed by atoms with Gasteiger partial charge in [0.05, 0.1) is 10.6 Å². The average molecular weight is 424 g/mol. The van der Waals surface area contributed by atoms with Crippen molar-refractivity contribution in [2.75, 3.05) is 0 Å². The Labute approximate surface area is 176 Å². The van der Waals surface area contributed by atoms with E-state index in [4.69, 9.17) is 0 Å². The quantitative estimate of drug-likeness (QED) is 0.658. The molecule has 2 N–H and O–H groups in total. The van der Waals surface area contributed by atoms with E-state index < -0.39 is 10.0 Å². The van der Waals surface area contributed by atoms with Gasteiger partial charge in [0, 0.05) is 17.7 Å². The normalized spacial score (nSPS) is 13.8. The standard InChI is InChI=1S/C23H25N3O3S/c1-15-7-10-17(11-8-15)14-24-30(28,29)21-13-18(12-9-16(21)2)22-19-5-3-4-6-20(19)23(27)26-25-22/h7-13,24H,3-6,14H2,1-2H3,(H,26,27). The van der Waals surface area contributed by atoms with Gasteiger partial charge < -0.3 is 0 Å². The van der Waals surface area contributed by atoms with Crippen molar-refractivity contribution in [2.24, 2.45) is 0 Å². The number of H-pyrrole nitrogens is 1. The first-order valence-electron chi connectivity index (χ1n) is 10.1. The number of rotatable bonds is 5. The maximum Gasteiger partial charge on any atom is 0.267 e. The predicted octanol–water partition coefficient (Wildman–Crippen LogP) is 3.41. The molecule has 0 bridgehead atoms. The molecule has 0 aliphatic heterocycles. The number of nitrogens with one attached hydrogen (secondary N) is 2. The van der Waals surface area contributed by atoms with Gasteiger partial charge in [0.2, 0.25) is 10.0 Å². The minimum absolute atomic E-state index is 0.145. The van der Waals surface area contributed by atoms with Gasteiger partial charge in [0.15, 0.2) is 0 Å². The predicted molar refractivity (Wildman–Crippen MR) is 117 cm³/mol. The molecule has 0 amide bonds. The Morgan fingerprint density at radius 3 is 2.43 bits per heavy atom. The van der Waals surface area contributed by atoms with Gasteiger partial charge in [-0.1, -0.05) is 42.0 Å². The summed E-state index contributed by atoms with van der Waals surface area (Å²) in [5.41, 5.74) is 5.61. The number of hydrogen-bond acceptors (Lipinski definition) is 4. The smallest absolute Gasteiger partial charge is 0.267 e. The van der Waals surface area contributed by atoms with Gasteiger partial charge in [-0.05, 0) is 62.3 Å². The number of benzene rings is 2. The number of aromatic nitrogens is 2. The van der Waals surface area contributed by atoms with Crippen molar-refractivity contribution in [2.45, 2.75) is 51.0 Å². The fourth-order valence-electron chi connectivity index (χ4n) is 3.90. The number of nitrogens with zero attached hydrogens (tertiary/aromatic N) is 1. The van der Waals surface area contributed by atoms with E-state index in [1.54, 1.807) is 19.1 Å². The Kier molecular flexibility index (Phi) is 5.58. The van der Waals surface area contributed by atoms with E-state index in [1.165, 1.54) is 0 Å². The third kappa shape index (κ3) is 4.08. The molecule has 3 aromatic rings. The molecule has 1 heterocycles. The lowest BCUT2D eigenvalue weighted by atomic mass is 9.90. The molecule has 2 aromatic carbocycles. The van der Waals surface area contributed by atoms with E-state index in [-0.39, 0.29) is 17.0 Å². The van der Waals surface area contributed by atoms with Crippen LogP contribution in [0.15, 0.2) is 52.2 Å². The van der Waals surface area contributed by atoms with Crippen molar-refractivity contribution in [3.8, 4) is 11.3 Å². The highest BCUT2D eigenvalue weighted by Gasteiger charge is 2.22. The molecule has 6 nitrogen and oxygen atoms in total. The Hall–Kier alpha value is -2.77. The average Bonchev–Trinajstić information content (AvgIpc) is 2.74. The minimum atomic E-state index is -3.71. The third-order valence-corrected chi connectivity index (χ3v) is 7.18. The summed E-state index contributed by atoms with van der Waals surface area (Å²) in [6.45, 7) is 3.99. The highest BCUT2D eigenvalue weighted by molar-refractivity contribution is 7.89. The molecule has 1 aliphatic carbocycles. The van der Waals surface area contributed by atoms with Gasteiger partial charge in [-0.25, -0.2) is 18.2 Å². The van der Waals surface area contributed by atoms with Crippen LogP contribution in [0, 0.1) is 13.8 Å². The van der Waals surface area contributed by atoms with Crippen LogP contribution in [0.1, 0.15) is 40.7 Å². The highest BCUT2D eigenvalue weighted by Crippen LogP contribution is 2.30. The summed E-state index contributed by atoms with van der Waals surface area (Å²) < 4.78 is 28.8. The number of fused-ring (bicyclic) bond motifs is 1. The van der Waals surface area contributed by atoms with Crippen LogP contribution in [0.4, 0.5) is 0 Å². The molecule has 0 radical (unpaired) electrons. The second-order valence-corrected chi connectivity index (χ2v) is 9.59. The summed E-state index contributed by atoms with van der Waals surface area (Å²) in [6, 6.07) is 13.1. The van der Waals surface area contributed by atoms with Crippen molar-refractivity contribution in [1.82, 2.24) is 14.9 Å². The van der Waals surface area contributed by atoms with E-state index in [1.807, 2.05) is 37.3 Å². The lowest BCUT2D eigenvalue weighted by Gasteiger charge is -2.18. The van der Waals surface area contributed by atoms with E-state index >= 15 is 0 Å². The van der Waals surface area contributed by atoms with Gasteiger partial charge in [0.1, 0.15) is 0 Å². The Balaban J connectivity index is 1.68. The molecule has 1 aliphatic rings. The van der Waals surface area contributed by atoms with E-state index in [0.717, 1.165) is 47.9 Å². The highest BCUT2D eigenvalue weighted by atomic mass is 32.2. The Bertz CT molecular complexity index is 1250. The molecule has 1 aromatic heterocycles. The lowest BCUT2D eigenvalue weighted by molar-refractivity contribution is 0.580. The molecule has 0 saturated heterocycles. The zero-order valence-electron chi connectivity index (χ0n) is 17.2. The monoisotopic (exact) mass is 423 g/mol. The van der Waals surface area contributed by atoms with Gasteiger partial charge in [-0.2, -0.15) is 5.10 Å². The van der Waals surface area contributed by atoms with Crippen LogP contribution in [0.3, 0.4) is 0 Å². The summed E-state index contributed by atoms with van der Waals surface area (Å²) in [4.78, 5) is 12.4. The molecule has 0 atom stereocenters. The summed E-state index contributed by atoms with van der Waals surface area (Å²) in [5.74, 6) is 0. The molecule has 0 unspecified atom stereocenters. The number of aromatic amines is 1. The molecule has 156 valence electrons. The fourth-order valence-corrected chi connectivity index (χ4v) is 5.18. The molecule has 0 fully saturated rings. The van der Waals surface area contributed by atoms with E-state index in [2.05, 4.69) is 14.9 Å². The Morgan fingerprint density at radius 1 is 1.00 bits per heavy atom. The van der Waals surface area contributed by atoms with Crippen LogP contribution in [0.5, 0.6) is 0 Å². The van der Waals surface area contributed by atoms with Crippen LogP contribution in [-0.4, -0.2) is 18.6 Å². The second-order valence-electron chi connectivity index (χ2n) is 7.86. The van der Waals surface area contributed by atoms with Crippen molar-refractivity contribution >= 4 is 10.0 Å². The van der Waals surface area contributed by atoms with Gasteiger partial charge in [-0.15, -0.1) is 0 Å². The molecule has 0 saturated carbocycles. The number of hydrogen-bond donors (Lipinski definition) is 2. The largest absolute Gasteiger partial charge is 0.268 e. The van der Waals surface area contributed by atoms with E-state index in [9.17, 15) is 13.2 Å². The zero-order valence-corrected chi connectivity index (χ0v) is 18.0. The molecular weight excluding hydrogens is 398 g/mol. The molecule has 4 rings (SSSR count). The Morgan fingerprint density at radius 2 is 1.70 bits per heavy atom.